The molecule has 0 amide bonds. The molecule has 2 aliphatic carbocycles. The van der Waals surface area contributed by atoms with Gasteiger partial charge in [0, 0.05) is 39.4 Å². The van der Waals surface area contributed by atoms with E-state index in [0.717, 1.165) is 28.4 Å². The van der Waals surface area contributed by atoms with E-state index in [4.69, 9.17) is 0 Å². The minimum atomic E-state index is -0.154. The number of rotatable bonds is 11. The van der Waals surface area contributed by atoms with Crippen LogP contribution in [0.3, 0.4) is 0 Å². The van der Waals surface area contributed by atoms with Crippen LogP contribution in [0.2, 0.25) is 0 Å². The van der Waals surface area contributed by atoms with Gasteiger partial charge in [-0.2, -0.15) is 0 Å². The number of para-hydroxylation sites is 1. The topological polar surface area (TPSA) is 6.48 Å². The molecule has 11 aromatic carbocycles. The fraction of sp³-hybridized carbons (Fsp3) is 0.135. The third kappa shape index (κ3) is 8.58. The maximum Gasteiger partial charge on any atom is 0.0546 e. The van der Waals surface area contributed by atoms with E-state index in [1.165, 1.54) is 126 Å². The second kappa shape index (κ2) is 19.9. The normalized spacial score (nSPS) is 13.8. The maximum absolute atomic E-state index is 2.49. The molecular weight excluding hydrogens is 917 g/mol. The Hall–Kier alpha value is -8.72. The van der Waals surface area contributed by atoms with Gasteiger partial charge in [-0.3, -0.25) is 0 Å². The largest absolute Gasteiger partial charge is 0.311 e. The molecule has 0 bridgehead atoms. The van der Waals surface area contributed by atoms with Gasteiger partial charge < -0.3 is 9.80 Å². The molecular formula is C74H62N2. The van der Waals surface area contributed by atoms with Crippen LogP contribution in [0.5, 0.6) is 0 Å². The molecule has 76 heavy (non-hydrogen) atoms. The van der Waals surface area contributed by atoms with Gasteiger partial charge in [-0.1, -0.05) is 215 Å². The monoisotopic (exact) mass is 978 g/mol. The molecule has 1 fully saturated rings. The lowest BCUT2D eigenvalue weighted by Crippen LogP contribution is -2.17. The van der Waals surface area contributed by atoms with Gasteiger partial charge in [0.25, 0.3) is 0 Å². The Morgan fingerprint density at radius 3 is 1.45 bits per heavy atom. The standard InChI is InChI=1S/C74H62N2/c1-51-20-19-33-70-73(51)68-47-46-63(50-71(68)74(70,2)3)76(72-49-58-26-14-13-25-57(58)48-69(72)54-23-9-5-10-24-54)62-44-38-56(39-45-62)65-30-16-18-32-67(65)66-31-17-15-29-64(66)55-36-42-61(43-37-55)75(59-27-11-6-12-28-59)60-40-34-53(35-41-60)52-21-7-4-8-22-52/h5-6,9-20,23-50,52H,4,7-8,21-22H2,1-3H3. The van der Waals surface area contributed by atoms with Crippen LogP contribution >= 0.6 is 0 Å². The summed E-state index contributed by atoms with van der Waals surface area (Å²) in [7, 11) is 0. The van der Waals surface area contributed by atoms with Gasteiger partial charge >= 0.3 is 0 Å². The van der Waals surface area contributed by atoms with Crippen molar-refractivity contribution in [3.8, 4) is 55.6 Å². The molecule has 2 heteroatoms. The zero-order chi connectivity index (χ0) is 51.2. The Labute approximate surface area is 449 Å². The molecule has 368 valence electrons. The molecule has 11 aromatic rings. The average Bonchev–Trinajstić information content (AvgIpc) is 3.77. The molecule has 13 rings (SSSR count). The minimum Gasteiger partial charge on any atom is -0.311 e. The molecule has 0 atom stereocenters. The van der Waals surface area contributed by atoms with Crippen molar-refractivity contribution in [3.63, 3.8) is 0 Å². The summed E-state index contributed by atoms with van der Waals surface area (Å²) in [5, 5.41) is 2.43. The number of hydrogen-bond acceptors (Lipinski definition) is 2. The number of fused-ring (bicyclic) bond motifs is 4. The highest BCUT2D eigenvalue weighted by Gasteiger charge is 2.37. The van der Waals surface area contributed by atoms with Crippen molar-refractivity contribution in [1.29, 1.82) is 0 Å². The first-order valence-electron chi connectivity index (χ1n) is 27.4. The van der Waals surface area contributed by atoms with E-state index in [1.807, 2.05) is 0 Å². The zero-order valence-corrected chi connectivity index (χ0v) is 43.8. The van der Waals surface area contributed by atoms with E-state index >= 15 is 0 Å². The van der Waals surface area contributed by atoms with Gasteiger partial charge in [0.05, 0.1) is 5.69 Å². The third-order valence-corrected chi connectivity index (χ3v) is 16.6. The molecule has 0 radical (unpaired) electrons. The van der Waals surface area contributed by atoms with Crippen LogP contribution in [-0.4, -0.2) is 0 Å². The fourth-order valence-electron chi connectivity index (χ4n) is 12.7. The summed E-state index contributed by atoms with van der Waals surface area (Å²) in [4.78, 5) is 4.87. The van der Waals surface area contributed by atoms with E-state index in [1.54, 1.807) is 0 Å². The Morgan fingerprint density at radius 2 is 0.829 bits per heavy atom. The van der Waals surface area contributed by atoms with Crippen LogP contribution in [0, 0.1) is 6.92 Å². The van der Waals surface area contributed by atoms with Crippen LogP contribution in [0.15, 0.2) is 255 Å². The van der Waals surface area contributed by atoms with Crippen LogP contribution in [0.25, 0.3) is 66.4 Å². The Morgan fingerprint density at radius 1 is 0.342 bits per heavy atom. The fourth-order valence-corrected chi connectivity index (χ4v) is 12.7. The summed E-state index contributed by atoms with van der Waals surface area (Å²) in [6.45, 7) is 7.01. The van der Waals surface area contributed by atoms with Crippen molar-refractivity contribution >= 4 is 44.9 Å². The molecule has 0 aliphatic heterocycles. The SMILES string of the molecule is Cc1cccc2c1-c1ccc(N(c3ccc(-c4ccccc4-c4ccccc4-c4ccc(N(c5ccccc5)c5ccc(C6CCCCC6)cc5)cc4)cc3)c3cc4ccccc4cc3-c3ccccc3)cc1C2(C)C. The highest BCUT2D eigenvalue weighted by molar-refractivity contribution is 6.00. The molecule has 0 spiro atoms. The van der Waals surface area contributed by atoms with E-state index in [9.17, 15) is 0 Å². The second-order valence-electron chi connectivity index (χ2n) is 21.6. The molecule has 0 aromatic heterocycles. The second-order valence-corrected chi connectivity index (χ2v) is 21.6. The lowest BCUT2D eigenvalue weighted by Gasteiger charge is -2.30. The lowest BCUT2D eigenvalue weighted by molar-refractivity contribution is 0.443. The first-order valence-corrected chi connectivity index (χ1v) is 27.4. The molecule has 0 unspecified atom stereocenters. The third-order valence-electron chi connectivity index (χ3n) is 16.6. The Bertz CT molecular complexity index is 3870. The summed E-state index contributed by atoms with van der Waals surface area (Å²) in [5.74, 6) is 0.675. The highest BCUT2D eigenvalue weighted by Crippen LogP contribution is 2.53. The van der Waals surface area contributed by atoms with Gasteiger partial charge in [0.15, 0.2) is 0 Å². The predicted octanol–water partition coefficient (Wildman–Crippen LogP) is 21.1. The van der Waals surface area contributed by atoms with Gasteiger partial charge in [-0.15, -0.1) is 0 Å². The quantitative estimate of drug-likeness (QED) is 0.127. The first-order chi connectivity index (χ1) is 37.4. The van der Waals surface area contributed by atoms with Crippen molar-refractivity contribution in [2.75, 3.05) is 9.80 Å². The molecule has 1 saturated carbocycles. The van der Waals surface area contributed by atoms with Gasteiger partial charge in [0.1, 0.15) is 0 Å². The van der Waals surface area contributed by atoms with Gasteiger partial charge in [-0.05, 0) is 182 Å². The summed E-state index contributed by atoms with van der Waals surface area (Å²) in [6, 6.07) is 94.7. The van der Waals surface area contributed by atoms with E-state index < -0.39 is 0 Å². The molecule has 0 heterocycles. The van der Waals surface area contributed by atoms with E-state index in [2.05, 4.69) is 285 Å². The summed E-state index contributed by atoms with van der Waals surface area (Å²) in [5.41, 5.74) is 24.5. The number of hydrogen-bond donors (Lipinski definition) is 0. The predicted molar refractivity (Wildman–Crippen MR) is 323 cm³/mol. The van der Waals surface area contributed by atoms with Crippen LogP contribution < -0.4 is 9.80 Å². The molecule has 2 nitrogen and oxygen atoms in total. The summed E-state index contributed by atoms with van der Waals surface area (Å²) in [6.07, 6.45) is 6.65. The Kier molecular flexibility index (Phi) is 12.3. The molecule has 0 saturated heterocycles. The van der Waals surface area contributed by atoms with Crippen molar-refractivity contribution in [2.24, 2.45) is 0 Å². The van der Waals surface area contributed by atoms with Gasteiger partial charge in [-0.25, -0.2) is 0 Å². The number of benzene rings is 11. The average molecular weight is 979 g/mol. The van der Waals surface area contributed by atoms with E-state index in [0.29, 0.717) is 5.92 Å². The summed E-state index contributed by atoms with van der Waals surface area (Å²) < 4.78 is 0. The van der Waals surface area contributed by atoms with E-state index in [-0.39, 0.29) is 5.41 Å². The molecule has 2 aliphatic rings. The summed E-state index contributed by atoms with van der Waals surface area (Å²) >= 11 is 0. The lowest BCUT2D eigenvalue weighted by atomic mass is 9.82. The van der Waals surface area contributed by atoms with Crippen molar-refractivity contribution < 1.29 is 0 Å². The maximum atomic E-state index is 2.49. The van der Waals surface area contributed by atoms with Gasteiger partial charge in [0.2, 0.25) is 0 Å². The van der Waals surface area contributed by atoms with Crippen LogP contribution in [0.1, 0.15) is 74.1 Å². The first kappa shape index (κ1) is 47.0. The smallest absolute Gasteiger partial charge is 0.0546 e. The number of anilines is 6. The van der Waals surface area contributed by atoms with Crippen LogP contribution in [-0.2, 0) is 5.41 Å². The van der Waals surface area contributed by atoms with Crippen LogP contribution in [0.4, 0.5) is 34.1 Å². The van der Waals surface area contributed by atoms with Crippen molar-refractivity contribution in [3.05, 3.63) is 277 Å². The highest BCUT2D eigenvalue weighted by atomic mass is 15.1. The molecule has 0 N–H and O–H groups in total. The van der Waals surface area contributed by atoms with Crippen molar-refractivity contribution in [1.82, 2.24) is 0 Å². The number of nitrogens with zero attached hydrogens (tertiary/aromatic N) is 2. The minimum absolute atomic E-state index is 0.154. The van der Waals surface area contributed by atoms with Crippen molar-refractivity contribution in [2.45, 2.75) is 64.2 Å². The Balaban J connectivity index is 0.878. The zero-order valence-electron chi connectivity index (χ0n) is 43.8. The number of aryl methyl sites for hydroxylation is 1.